The Labute approximate surface area is 175 Å². The third kappa shape index (κ3) is 5.71. The molecular formula is C22H24N4O2S. The maximum atomic E-state index is 12.2. The fourth-order valence-electron chi connectivity index (χ4n) is 2.81. The number of aromatic nitrogens is 3. The monoisotopic (exact) mass is 408 g/mol. The second-order valence-corrected chi connectivity index (χ2v) is 7.25. The van der Waals surface area contributed by atoms with Crippen molar-refractivity contribution in [1.82, 2.24) is 20.1 Å². The van der Waals surface area contributed by atoms with Gasteiger partial charge in [0.15, 0.2) is 11.0 Å². The van der Waals surface area contributed by atoms with E-state index in [-0.39, 0.29) is 11.7 Å². The van der Waals surface area contributed by atoms with E-state index in [4.69, 9.17) is 4.74 Å². The Hall–Kier alpha value is -3.06. The van der Waals surface area contributed by atoms with Gasteiger partial charge in [-0.3, -0.25) is 9.36 Å². The predicted octanol–water partition coefficient (Wildman–Crippen LogP) is 3.59. The first kappa shape index (κ1) is 20.7. The van der Waals surface area contributed by atoms with Gasteiger partial charge in [0.2, 0.25) is 5.91 Å². The van der Waals surface area contributed by atoms with E-state index in [2.05, 4.69) is 34.2 Å². The summed E-state index contributed by atoms with van der Waals surface area (Å²) in [6.07, 6.45) is 2.60. The maximum Gasteiger partial charge on any atom is 0.230 e. The van der Waals surface area contributed by atoms with Crippen LogP contribution >= 0.6 is 11.8 Å². The van der Waals surface area contributed by atoms with Crippen molar-refractivity contribution in [3.63, 3.8) is 0 Å². The van der Waals surface area contributed by atoms with E-state index in [1.54, 1.807) is 13.2 Å². The smallest absolute Gasteiger partial charge is 0.230 e. The number of hydrogen-bond donors (Lipinski definition) is 1. The fourth-order valence-corrected chi connectivity index (χ4v) is 3.59. The van der Waals surface area contributed by atoms with Crippen molar-refractivity contribution >= 4 is 17.7 Å². The minimum absolute atomic E-state index is 0.0231. The van der Waals surface area contributed by atoms with Crippen LogP contribution in [0.3, 0.4) is 0 Å². The molecular weight excluding hydrogens is 384 g/mol. The number of thioether (sulfide) groups is 1. The van der Waals surface area contributed by atoms with Crippen LogP contribution in [-0.4, -0.2) is 40.1 Å². The first-order chi connectivity index (χ1) is 14.2. The first-order valence-corrected chi connectivity index (χ1v) is 10.3. The molecule has 3 rings (SSSR count). The third-order valence-corrected chi connectivity index (χ3v) is 5.25. The van der Waals surface area contributed by atoms with Gasteiger partial charge in [0, 0.05) is 18.7 Å². The Morgan fingerprint density at radius 1 is 1.17 bits per heavy atom. The summed E-state index contributed by atoms with van der Waals surface area (Å²) in [5.74, 6) is 1.78. The summed E-state index contributed by atoms with van der Waals surface area (Å²) in [6.45, 7) is 4.99. The largest absolute Gasteiger partial charge is 0.497 e. The number of nitrogens with zero attached hydrogens (tertiary/aromatic N) is 3. The fraction of sp³-hybridized carbons (Fsp3) is 0.227. The Morgan fingerprint density at radius 2 is 1.93 bits per heavy atom. The van der Waals surface area contributed by atoms with Gasteiger partial charge in [0.1, 0.15) is 5.75 Å². The number of allylic oxidation sites excluding steroid dienone is 1. The van der Waals surface area contributed by atoms with E-state index in [0.29, 0.717) is 18.2 Å². The molecule has 2 aromatic carbocycles. The highest BCUT2D eigenvalue weighted by Crippen LogP contribution is 2.25. The highest BCUT2D eigenvalue weighted by molar-refractivity contribution is 7.99. The third-order valence-electron chi connectivity index (χ3n) is 4.29. The standard InChI is InChI=1S/C22H24N4O2S/c1-3-15-26-21(18-9-11-19(28-2)12-10-18)24-25-22(26)29-16-20(27)23-14-13-17-7-5-4-6-8-17/h3-12H,1,13-16H2,2H3,(H,23,27). The average Bonchev–Trinajstić information content (AvgIpc) is 3.16. The molecule has 0 unspecified atom stereocenters. The van der Waals surface area contributed by atoms with Crippen molar-refractivity contribution in [2.75, 3.05) is 19.4 Å². The SMILES string of the molecule is C=CCn1c(SCC(=O)NCCc2ccccc2)nnc1-c1ccc(OC)cc1. The molecule has 3 aromatic rings. The molecule has 0 saturated carbocycles. The lowest BCUT2D eigenvalue weighted by Crippen LogP contribution is -2.27. The van der Waals surface area contributed by atoms with E-state index in [1.165, 1.54) is 17.3 Å². The highest BCUT2D eigenvalue weighted by atomic mass is 32.2. The zero-order chi connectivity index (χ0) is 20.5. The second kappa shape index (κ2) is 10.5. The summed E-state index contributed by atoms with van der Waals surface area (Å²) >= 11 is 1.37. The van der Waals surface area contributed by atoms with Crippen molar-refractivity contribution in [1.29, 1.82) is 0 Å². The van der Waals surface area contributed by atoms with Crippen molar-refractivity contribution in [3.8, 4) is 17.1 Å². The van der Waals surface area contributed by atoms with Gasteiger partial charge in [0.25, 0.3) is 0 Å². The van der Waals surface area contributed by atoms with Crippen molar-refractivity contribution in [3.05, 3.63) is 72.8 Å². The molecule has 0 aliphatic rings. The normalized spacial score (nSPS) is 10.5. The van der Waals surface area contributed by atoms with E-state index < -0.39 is 0 Å². The topological polar surface area (TPSA) is 69.0 Å². The first-order valence-electron chi connectivity index (χ1n) is 9.33. The second-order valence-electron chi connectivity index (χ2n) is 6.31. The highest BCUT2D eigenvalue weighted by Gasteiger charge is 2.15. The number of hydrogen-bond acceptors (Lipinski definition) is 5. The number of carbonyl (C=O) groups is 1. The van der Waals surface area contributed by atoms with Gasteiger partial charge in [-0.15, -0.1) is 16.8 Å². The van der Waals surface area contributed by atoms with Gasteiger partial charge in [0.05, 0.1) is 12.9 Å². The Morgan fingerprint density at radius 3 is 2.62 bits per heavy atom. The van der Waals surface area contributed by atoms with E-state index in [0.717, 1.165) is 23.6 Å². The van der Waals surface area contributed by atoms with Gasteiger partial charge >= 0.3 is 0 Å². The summed E-state index contributed by atoms with van der Waals surface area (Å²) in [5, 5.41) is 12.2. The zero-order valence-corrected chi connectivity index (χ0v) is 17.2. The van der Waals surface area contributed by atoms with Crippen molar-refractivity contribution < 1.29 is 9.53 Å². The molecule has 1 N–H and O–H groups in total. The molecule has 0 atom stereocenters. The Balaban J connectivity index is 1.59. The van der Waals surface area contributed by atoms with Gasteiger partial charge in [-0.1, -0.05) is 48.2 Å². The van der Waals surface area contributed by atoms with Crippen LogP contribution in [0.5, 0.6) is 5.75 Å². The number of nitrogens with one attached hydrogen (secondary N) is 1. The maximum absolute atomic E-state index is 12.2. The lowest BCUT2D eigenvalue weighted by Gasteiger charge is -2.09. The van der Waals surface area contributed by atoms with Crippen molar-refractivity contribution in [2.45, 2.75) is 18.1 Å². The lowest BCUT2D eigenvalue weighted by molar-refractivity contribution is -0.118. The van der Waals surface area contributed by atoms with Crippen LogP contribution in [0, 0.1) is 0 Å². The predicted molar refractivity (Wildman–Crippen MR) is 116 cm³/mol. The number of methoxy groups -OCH3 is 1. The van der Waals surface area contributed by atoms with Crippen molar-refractivity contribution in [2.24, 2.45) is 0 Å². The Bertz CT molecular complexity index is 939. The lowest BCUT2D eigenvalue weighted by atomic mass is 10.1. The number of rotatable bonds is 10. The van der Waals surface area contributed by atoms with E-state index >= 15 is 0 Å². The molecule has 7 heteroatoms. The number of benzene rings is 2. The van der Waals surface area contributed by atoms with Crippen LogP contribution in [0.25, 0.3) is 11.4 Å². The summed E-state index contributed by atoms with van der Waals surface area (Å²) in [7, 11) is 1.63. The molecule has 1 heterocycles. The van der Waals surface area contributed by atoms with E-state index in [9.17, 15) is 4.79 Å². The minimum atomic E-state index is -0.0231. The number of ether oxygens (including phenoxy) is 1. The van der Waals surface area contributed by atoms with Gasteiger partial charge < -0.3 is 10.1 Å². The molecule has 0 saturated heterocycles. The molecule has 0 radical (unpaired) electrons. The van der Waals surface area contributed by atoms with Crippen LogP contribution < -0.4 is 10.1 Å². The van der Waals surface area contributed by atoms with Crippen LogP contribution in [0.4, 0.5) is 0 Å². The number of carbonyl (C=O) groups excluding carboxylic acids is 1. The zero-order valence-electron chi connectivity index (χ0n) is 16.4. The number of amides is 1. The summed E-state index contributed by atoms with van der Waals surface area (Å²) in [6, 6.07) is 17.7. The molecule has 0 spiro atoms. The van der Waals surface area contributed by atoms with Gasteiger partial charge in [-0.25, -0.2) is 0 Å². The van der Waals surface area contributed by atoms with Crippen LogP contribution in [0.15, 0.2) is 72.4 Å². The van der Waals surface area contributed by atoms with E-state index in [1.807, 2.05) is 47.0 Å². The molecule has 0 bridgehead atoms. The quantitative estimate of drug-likeness (QED) is 0.410. The molecule has 0 fully saturated rings. The molecule has 6 nitrogen and oxygen atoms in total. The average molecular weight is 409 g/mol. The van der Waals surface area contributed by atoms with Crippen LogP contribution in [0.2, 0.25) is 0 Å². The van der Waals surface area contributed by atoms with Crippen LogP contribution in [0.1, 0.15) is 5.56 Å². The summed E-state index contributed by atoms with van der Waals surface area (Å²) in [5.41, 5.74) is 2.13. The molecule has 1 amide bonds. The minimum Gasteiger partial charge on any atom is -0.497 e. The van der Waals surface area contributed by atoms with Gasteiger partial charge in [-0.05, 0) is 36.2 Å². The van der Waals surface area contributed by atoms with Gasteiger partial charge in [-0.2, -0.15) is 0 Å². The molecule has 29 heavy (non-hydrogen) atoms. The van der Waals surface area contributed by atoms with Crippen LogP contribution in [-0.2, 0) is 17.8 Å². The molecule has 0 aliphatic carbocycles. The summed E-state index contributed by atoms with van der Waals surface area (Å²) in [4.78, 5) is 12.2. The summed E-state index contributed by atoms with van der Waals surface area (Å²) < 4.78 is 7.16. The molecule has 150 valence electrons. The Kier molecular flexibility index (Phi) is 7.47. The molecule has 1 aromatic heterocycles. The molecule has 0 aliphatic heterocycles.